The number of unbranched alkanes of at least 4 members (excludes halogenated alkanes) is 14. The van der Waals surface area contributed by atoms with Gasteiger partial charge in [-0.05, 0) is 19.3 Å². The maximum atomic E-state index is 10.9. The zero-order valence-electron chi connectivity index (χ0n) is 19.3. The number of hydrogen-bond acceptors (Lipinski definition) is 4. The number of quaternary nitrogens is 1. The Morgan fingerprint density at radius 2 is 0.964 bits per heavy atom. The van der Waals surface area contributed by atoms with E-state index in [0.717, 1.165) is 12.8 Å². The smallest absolute Gasteiger partial charge is 0.218 e. The molecule has 0 radical (unpaired) electrons. The molecule has 0 aromatic rings. The van der Waals surface area contributed by atoms with Crippen LogP contribution < -0.4 is 6.15 Å². The zero-order chi connectivity index (χ0) is 20.4. The summed E-state index contributed by atoms with van der Waals surface area (Å²) in [5, 5.41) is 0. The number of rotatable bonds is 20. The van der Waals surface area contributed by atoms with E-state index in [-0.39, 0.29) is 6.15 Å². The van der Waals surface area contributed by atoms with E-state index < -0.39 is 16.0 Å². The zero-order valence-corrected chi connectivity index (χ0v) is 20.1. The molecular formula is C22H49NO4S. The highest BCUT2D eigenvalue weighted by Crippen LogP contribution is 2.29. The fourth-order valence-electron chi connectivity index (χ4n) is 3.80. The van der Waals surface area contributed by atoms with E-state index in [1.54, 1.807) is 0 Å². The molecular weight excluding hydrogens is 374 g/mol. The average Bonchev–Trinajstić information content (AvgIpc) is 2.63. The molecule has 0 aliphatic heterocycles. The third-order valence-corrected chi connectivity index (χ3v) is 6.36. The van der Waals surface area contributed by atoms with Gasteiger partial charge in [-0.1, -0.05) is 117 Å². The normalized spacial score (nSPS) is 12.1. The number of hydrogen-bond donors (Lipinski definition) is 1. The minimum absolute atomic E-state index is 0. The lowest BCUT2D eigenvalue weighted by Crippen LogP contribution is -2.33. The largest absolute Gasteiger partial charge is 0.726 e. The van der Waals surface area contributed by atoms with Gasteiger partial charge in [-0.25, -0.2) is 8.42 Å². The first-order valence-electron chi connectivity index (χ1n) is 11.6. The molecule has 28 heavy (non-hydrogen) atoms. The Labute approximate surface area is 175 Å². The highest BCUT2D eigenvalue weighted by molar-refractivity contribution is 7.80. The molecule has 0 saturated heterocycles. The highest BCUT2D eigenvalue weighted by atomic mass is 32.3. The molecule has 0 unspecified atom stereocenters. The molecule has 0 heterocycles. The summed E-state index contributed by atoms with van der Waals surface area (Å²) in [4.78, 5) is 0. The van der Waals surface area contributed by atoms with Crippen LogP contribution in [0.2, 0.25) is 0 Å². The second kappa shape index (κ2) is 18.8. The third kappa shape index (κ3) is 17.9. The maximum Gasteiger partial charge on any atom is 0.218 e. The van der Waals surface area contributed by atoms with E-state index in [0.29, 0.717) is 19.3 Å². The molecule has 0 aromatic carbocycles. The van der Waals surface area contributed by atoms with Gasteiger partial charge >= 0.3 is 0 Å². The van der Waals surface area contributed by atoms with Gasteiger partial charge in [0, 0.05) is 0 Å². The van der Waals surface area contributed by atoms with Crippen LogP contribution in [0.1, 0.15) is 136 Å². The Bertz CT molecular complexity index is 422. The van der Waals surface area contributed by atoms with Crippen molar-refractivity contribution in [3.05, 3.63) is 0 Å². The van der Waals surface area contributed by atoms with Gasteiger partial charge in [-0.15, -0.1) is 0 Å². The molecule has 0 rings (SSSR count). The van der Waals surface area contributed by atoms with E-state index in [4.69, 9.17) is 4.18 Å². The predicted molar refractivity (Wildman–Crippen MR) is 120 cm³/mol. The summed E-state index contributed by atoms with van der Waals surface area (Å²) in [5.74, 6) is 0. The molecule has 0 aliphatic carbocycles. The summed E-state index contributed by atoms with van der Waals surface area (Å²) in [5.41, 5.74) is -0.795. The van der Waals surface area contributed by atoms with Gasteiger partial charge in [0.05, 0.1) is 5.60 Å². The van der Waals surface area contributed by atoms with Gasteiger partial charge in [0.1, 0.15) is 0 Å². The van der Waals surface area contributed by atoms with Crippen molar-refractivity contribution in [1.29, 1.82) is 0 Å². The van der Waals surface area contributed by atoms with Gasteiger partial charge in [0.25, 0.3) is 0 Å². The van der Waals surface area contributed by atoms with Crippen LogP contribution in [0.15, 0.2) is 0 Å². The van der Waals surface area contributed by atoms with Gasteiger partial charge in [0.2, 0.25) is 10.4 Å². The Hall–Kier alpha value is -0.170. The molecule has 0 bridgehead atoms. The first kappa shape index (κ1) is 30.0. The van der Waals surface area contributed by atoms with Crippen molar-refractivity contribution in [2.45, 2.75) is 142 Å². The maximum absolute atomic E-state index is 10.9. The van der Waals surface area contributed by atoms with E-state index in [1.165, 1.54) is 83.5 Å². The van der Waals surface area contributed by atoms with Crippen LogP contribution in [-0.2, 0) is 14.6 Å². The van der Waals surface area contributed by atoms with Gasteiger partial charge < -0.3 is 10.7 Å². The van der Waals surface area contributed by atoms with Crippen LogP contribution in [0, 0.1) is 0 Å². The first-order chi connectivity index (χ1) is 12.9. The lowest BCUT2D eigenvalue weighted by atomic mass is 9.90. The standard InChI is InChI=1S/C22H46O4S.H3N/c1-4-7-8-9-10-11-12-13-14-15-16-17-18-19-20-21-22(5-2,6-3)26-27(23,24)25;/h4-21H2,1-3H3,(H,23,24,25);1H3. The van der Waals surface area contributed by atoms with Crippen LogP contribution in [0.3, 0.4) is 0 Å². The fraction of sp³-hybridized carbons (Fsp3) is 1.00. The highest BCUT2D eigenvalue weighted by Gasteiger charge is 2.29. The van der Waals surface area contributed by atoms with E-state index in [2.05, 4.69) is 6.92 Å². The molecule has 0 fully saturated rings. The average molecular weight is 424 g/mol. The molecule has 0 amide bonds. The van der Waals surface area contributed by atoms with Crippen LogP contribution in [0.5, 0.6) is 0 Å². The van der Waals surface area contributed by atoms with Crippen LogP contribution in [0.25, 0.3) is 0 Å². The van der Waals surface area contributed by atoms with Crippen molar-refractivity contribution in [2.24, 2.45) is 0 Å². The lowest BCUT2D eigenvalue weighted by Gasteiger charge is -2.32. The van der Waals surface area contributed by atoms with Crippen LogP contribution in [0.4, 0.5) is 0 Å². The Morgan fingerprint density at radius 1 is 0.643 bits per heavy atom. The summed E-state index contributed by atoms with van der Waals surface area (Å²) in [6.07, 6.45) is 21.3. The molecule has 0 saturated carbocycles. The minimum Gasteiger partial charge on any atom is -0.726 e. The van der Waals surface area contributed by atoms with Crippen molar-refractivity contribution in [3.63, 3.8) is 0 Å². The molecule has 0 aromatic heterocycles. The Balaban J connectivity index is 0. The summed E-state index contributed by atoms with van der Waals surface area (Å²) >= 11 is 0. The SMILES string of the molecule is CCCCCCCCCCCCCCCCCC(CC)(CC)OS(=O)(=O)[O-].[NH4+]. The monoisotopic (exact) mass is 423 g/mol. The van der Waals surface area contributed by atoms with E-state index in [9.17, 15) is 13.0 Å². The lowest BCUT2D eigenvalue weighted by molar-refractivity contribution is 0.0414. The molecule has 6 heteroatoms. The van der Waals surface area contributed by atoms with Gasteiger partial charge in [-0.2, -0.15) is 0 Å². The van der Waals surface area contributed by atoms with Crippen LogP contribution in [-0.4, -0.2) is 18.6 Å². The quantitative estimate of drug-likeness (QED) is 0.123. The Morgan fingerprint density at radius 3 is 1.25 bits per heavy atom. The van der Waals surface area contributed by atoms with E-state index >= 15 is 0 Å². The van der Waals surface area contributed by atoms with Crippen LogP contribution >= 0.6 is 0 Å². The second-order valence-corrected chi connectivity index (χ2v) is 9.06. The fourth-order valence-corrected chi connectivity index (χ4v) is 4.55. The van der Waals surface area contributed by atoms with Gasteiger partial charge in [-0.3, -0.25) is 4.18 Å². The topological polar surface area (TPSA) is 103 Å². The summed E-state index contributed by atoms with van der Waals surface area (Å²) in [6, 6.07) is 0. The third-order valence-electron chi connectivity index (χ3n) is 5.80. The summed E-state index contributed by atoms with van der Waals surface area (Å²) in [6.45, 7) is 6.04. The van der Waals surface area contributed by atoms with Crippen molar-refractivity contribution < 1.29 is 17.2 Å². The first-order valence-corrected chi connectivity index (χ1v) is 12.9. The van der Waals surface area contributed by atoms with Crippen molar-refractivity contribution in [3.8, 4) is 0 Å². The van der Waals surface area contributed by atoms with Crippen molar-refractivity contribution >= 4 is 10.4 Å². The minimum atomic E-state index is -4.63. The second-order valence-electron chi connectivity index (χ2n) is 8.08. The predicted octanol–water partition coefficient (Wildman–Crippen LogP) is 7.66. The van der Waals surface area contributed by atoms with Gasteiger partial charge in [0.15, 0.2) is 0 Å². The molecule has 0 aliphatic rings. The van der Waals surface area contributed by atoms with Crippen molar-refractivity contribution in [2.75, 3.05) is 0 Å². The summed E-state index contributed by atoms with van der Waals surface area (Å²) < 4.78 is 37.7. The van der Waals surface area contributed by atoms with E-state index in [1.807, 2.05) is 13.8 Å². The Kier molecular flexibility index (Phi) is 20.2. The molecule has 0 atom stereocenters. The summed E-state index contributed by atoms with van der Waals surface area (Å²) in [7, 11) is -4.63. The molecule has 5 nitrogen and oxygen atoms in total. The van der Waals surface area contributed by atoms with Crippen molar-refractivity contribution in [1.82, 2.24) is 6.15 Å². The molecule has 0 spiro atoms. The molecule has 172 valence electrons. The molecule has 4 N–H and O–H groups in total.